The molecule has 2 nitrogen and oxygen atoms in total. The summed E-state index contributed by atoms with van der Waals surface area (Å²) in [5.74, 6) is 0. The highest BCUT2D eigenvalue weighted by Crippen LogP contribution is 2.44. The summed E-state index contributed by atoms with van der Waals surface area (Å²) in [6.07, 6.45) is 5.34. The number of nitrogens with one attached hydrogen (secondary N) is 1. The van der Waals surface area contributed by atoms with Gasteiger partial charge in [-0.05, 0) is 45.4 Å². The van der Waals surface area contributed by atoms with Gasteiger partial charge in [0.2, 0.25) is 0 Å². The Labute approximate surface area is 103 Å². The Balaban J connectivity index is 2.30. The van der Waals surface area contributed by atoms with Crippen LogP contribution in [0, 0.1) is 0 Å². The lowest BCUT2D eigenvalue weighted by atomic mass is 9.86. The van der Waals surface area contributed by atoms with Gasteiger partial charge < -0.3 is 10.2 Å². The molecule has 1 aliphatic rings. The van der Waals surface area contributed by atoms with Crippen molar-refractivity contribution in [3.8, 4) is 0 Å². The number of hydrogen-bond acceptors (Lipinski definition) is 3. The first-order valence-corrected chi connectivity index (χ1v) is 6.97. The molecular formula is C13H22N2S. The van der Waals surface area contributed by atoms with Gasteiger partial charge >= 0.3 is 0 Å². The van der Waals surface area contributed by atoms with Gasteiger partial charge in [-0.15, -0.1) is 11.3 Å². The largest absolute Gasteiger partial charge is 0.311 e. The van der Waals surface area contributed by atoms with Gasteiger partial charge in [0.05, 0.1) is 6.04 Å². The van der Waals surface area contributed by atoms with Gasteiger partial charge in [0.25, 0.3) is 0 Å². The second-order valence-electron chi connectivity index (χ2n) is 4.94. The predicted molar refractivity (Wildman–Crippen MR) is 71.0 cm³/mol. The minimum Gasteiger partial charge on any atom is -0.311 e. The van der Waals surface area contributed by atoms with E-state index in [0.717, 1.165) is 0 Å². The van der Waals surface area contributed by atoms with Crippen LogP contribution in [-0.2, 0) is 0 Å². The zero-order valence-electron chi connectivity index (χ0n) is 10.5. The lowest BCUT2D eigenvalue weighted by Crippen LogP contribution is -2.50. The Bertz CT molecular complexity index is 313. The van der Waals surface area contributed by atoms with Gasteiger partial charge in [0.1, 0.15) is 0 Å². The van der Waals surface area contributed by atoms with E-state index in [0.29, 0.717) is 11.6 Å². The number of thiophene rings is 1. The van der Waals surface area contributed by atoms with Crippen molar-refractivity contribution in [1.82, 2.24) is 10.2 Å². The van der Waals surface area contributed by atoms with Crippen LogP contribution in [0.4, 0.5) is 0 Å². The van der Waals surface area contributed by atoms with Crippen LogP contribution in [0.15, 0.2) is 17.5 Å². The number of likely N-dealkylation sites (N-methyl/N-ethyl adjacent to an activating group) is 2. The molecule has 1 aromatic rings. The van der Waals surface area contributed by atoms with Crippen LogP contribution in [0.3, 0.4) is 0 Å². The summed E-state index contributed by atoms with van der Waals surface area (Å²) in [5, 5.41) is 5.72. The van der Waals surface area contributed by atoms with Gasteiger partial charge in [0, 0.05) is 10.4 Å². The molecule has 1 N–H and O–H groups in total. The van der Waals surface area contributed by atoms with Crippen LogP contribution >= 0.6 is 11.3 Å². The summed E-state index contributed by atoms with van der Waals surface area (Å²) in [4.78, 5) is 3.90. The van der Waals surface area contributed by atoms with E-state index in [1.807, 2.05) is 11.3 Å². The van der Waals surface area contributed by atoms with E-state index in [9.17, 15) is 0 Å². The summed E-state index contributed by atoms with van der Waals surface area (Å²) in [7, 11) is 6.54. The van der Waals surface area contributed by atoms with Crippen LogP contribution in [0.2, 0.25) is 0 Å². The molecule has 0 spiro atoms. The molecule has 0 amide bonds. The minimum atomic E-state index is 0.319. The van der Waals surface area contributed by atoms with Crippen LogP contribution in [-0.4, -0.2) is 31.6 Å². The third-order valence-electron chi connectivity index (χ3n) is 4.01. The van der Waals surface area contributed by atoms with E-state index in [4.69, 9.17) is 0 Å². The third-order valence-corrected chi connectivity index (χ3v) is 4.95. The molecule has 2 rings (SSSR count). The van der Waals surface area contributed by atoms with Crippen LogP contribution in [0.5, 0.6) is 0 Å². The van der Waals surface area contributed by atoms with Gasteiger partial charge in [-0.3, -0.25) is 0 Å². The molecule has 0 radical (unpaired) electrons. The first kappa shape index (κ1) is 12.1. The number of hydrogen-bond donors (Lipinski definition) is 1. The Kier molecular flexibility index (Phi) is 3.67. The molecule has 90 valence electrons. The first-order valence-electron chi connectivity index (χ1n) is 6.09. The van der Waals surface area contributed by atoms with E-state index in [2.05, 4.69) is 48.9 Å². The van der Waals surface area contributed by atoms with Crippen molar-refractivity contribution in [3.63, 3.8) is 0 Å². The highest BCUT2D eigenvalue weighted by molar-refractivity contribution is 7.10. The van der Waals surface area contributed by atoms with Crippen molar-refractivity contribution in [3.05, 3.63) is 22.4 Å². The first-order chi connectivity index (χ1) is 7.70. The minimum absolute atomic E-state index is 0.319. The van der Waals surface area contributed by atoms with Crippen molar-refractivity contribution in [2.24, 2.45) is 0 Å². The summed E-state index contributed by atoms with van der Waals surface area (Å²) in [5.41, 5.74) is 0.319. The standard InChI is InChI=1S/C13H22N2S/c1-14-12(11-7-6-10-16-11)13(15(2)3)8-4-5-9-13/h6-7,10,12,14H,4-5,8-9H2,1-3H3. The van der Waals surface area contributed by atoms with E-state index in [1.165, 1.54) is 30.6 Å². The van der Waals surface area contributed by atoms with E-state index >= 15 is 0 Å². The molecule has 0 aromatic carbocycles. The Morgan fingerprint density at radius 1 is 1.38 bits per heavy atom. The topological polar surface area (TPSA) is 15.3 Å². The van der Waals surface area contributed by atoms with Crippen LogP contribution < -0.4 is 5.32 Å². The molecule has 3 heteroatoms. The van der Waals surface area contributed by atoms with Crippen molar-refractivity contribution in [2.75, 3.05) is 21.1 Å². The number of rotatable bonds is 4. The molecule has 1 aromatic heterocycles. The number of nitrogens with zero attached hydrogens (tertiary/aromatic N) is 1. The Morgan fingerprint density at radius 3 is 2.50 bits per heavy atom. The van der Waals surface area contributed by atoms with Crippen molar-refractivity contribution >= 4 is 11.3 Å². The predicted octanol–water partition coefficient (Wildman–Crippen LogP) is 2.88. The third kappa shape index (κ3) is 1.92. The van der Waals surface area contributed by atoms with Crippen LogP contribution in [0.25, 0.3) is 0 Å². The summed E-state index contributed by atoms with van der Waals surface area (Å²) < 4.78 is 0. The average Bonchev–Trinajstić information content (AvgIpc) is 2.89. The average molecular weight is 238 g/mol. The van der Waals surface area contributed by atoms with E-state index in [-0.39, 0.29) is 0 Å². The van der Waals surface area contributed by atoms with Crippen molar-refractivity contribution in [1.29, 1.82) is 0 Å². The lowest BCUT2D eigenvalue weighted by Gasteiger charge is -2.42. The van der Waals surface area contributed by atoms with Crippen molar-refractivity contribution < 1.29 is 0 Å². The summed E-state index contributed by atoms with van der Waals surface area (Å²) in [6, 6.07) is 4.89. The van der Waals surface area contributed by atoms with Gasteiger partial charge in [0.15, 0.2) is 0 Å². The molecule has 0 bridgehead atoms. The van der Waals surface area contributed by atoms with Crippen LogP contribution in [0.1, 0.15) is 36.6 Å². The molecule has 16 heavy (non-hydrogen) atoms. The van der Waals surface area contributed by atoms with Gasteiger partial charge in [-0.2, -0.15) is 0 Å². The van der Waals surface area contributed by atoms with Gasteiger partial charge in [-0.1, -0.05) is 18.9 Å². The SMILES string of the molecule is CNC(c1cccs1)C1(N(C)C)CCCC1. The maximum absolute atomic E-state index is 3.54. The fraction of sp³-hybridized carbons (Fsp3) is 0.692. The maximum atomic E-state index is 3.54. The molecule has 1 saturated carbocycles. The molecule has 1 aliphatic carbocycles. The Morgan fingerprint density at radius 2 is 2.06 bits per heavy atom. The fourth-order valence-electron chi connectivity index (χ4n) is 3.11. The molecule has 1 fully saturated rings. The highest BCUT2D eigenvalue weighted by atomic mass is 32.1. The van der Waals surface area contributed by atoms with Gasteiger partial charge in [-0.25, -0.2) is 0 Å². The lowest BCUT2D eigenvalue weighted by molar-refractivity contribution is 0.110. The Hall–Kier alpha value is -0.380. The maximum Gasteiger partial charge on any atom is 0.0599 e. The summed E-state index contributed by atoms with van der Waals surface area (Å²) in [6.45, 7) is 0. The quantitative estimate of drug-likeness (QED) is 0.867. The molecule has 1 atom stereocenters. The van der Waals surface area contributed by atoms with E-state index in [1.54, 1.807) is 0 Å². The molecule has 0 saturated heterocycles. The molecule has 1 heterocycles. The summed E-state index contributed by atoms with van der Waals surface area (Å²) >= 11 is 1.87. The van der Waals surface area contributed by atoms with E-state index < -0.39 is 0 Å². The zero-order chi connectivity index (χ0) is 11.6. The normalized spacial score (nSPS) is 21.5. The fourth-order valence-corrected chi connectivity index (χ4v) is 4.06. The molecule has 1 unspecified atom stereocenters. The zero-order valence-corrected chi connectivity index (χ0v) is 11.3. The second-order valence-corrected chi connectivity index (χ2v) is 5.92. The second kappa shape index (κ2) is 4.86. The highest BCUT2D eigenvalue weighted by Gasteiger charge is 2.43. The monoisotopic (exact) mass is 238 g/mol. The molecular weight excluding hydrogens is 216 g/mol. The molecule has 0 aliphatic heterocycles. The smallest absolute Gasteiger partial charge is 0.0599 e. The van der Waals surface area contributed by atoms with Crippen molar-refractivity contribution in [2.45, 2.75) is 37.3 Å².